The summed E-state index contributed by atoms with van der Waals surface area (Å²) in [7, 11) is -1.11. The molecule has 0 aliphatic carbocycles. The van der Waals surface area contributed by atoms with Crippen LogP contribution in [-0.4, -0.2) is 43.9 Å². The normalized spacial score (nSPS) is 18.5. The molecule has 1 saturated heterocycles. The summed E-state index contributed by atoms with van der Waals surface area (Å²) >= 11 is 0. The summed E-state index contributed by atoms with van der Waals surface area (Å²) in [5.41, 5.74) is 3.41. The fraction of sp³-hybridized carbons (Fsp3) is 0.368. The molecule has 7 heteroatoms. The minimum Gasteiger partial charge on any atom is -0.369 e. The highest BCUT2D eigenvalue weighted by atomic mass is 32.2. The second-order valence-electron chi connectivity index (χ2n) is 6.77. The number of anilines is 1. The van der Waals surface area contributed by atoms with E-state index in [-0.39, 0.29) is 23.5 Å². The largest absolute Gasteiger partial charge is 0.369 e. The van der Waals surface area contributed by atoms with Gasteiger partial charge in [0.15, 0.2) is 9.84 Å². The first-order valence-electron chi connectivity index (χ1n) is 8.56. The lowest BCUT2D eigenvalue weighted by molar-refractivity contribution is 0.0950. The summed E-state index contributed by atoms with van der Waals surface area (Å²) < 4.78 is 23.4. The van der Waals surface area contributed by atoms with E-state index in [9.17, 15) is 13.2 Å². The van der Waals surface area contributed by atoms with Crippen molar-refractivity contribution in [2.45, 2.75) is 25.9 Å². The summed E-state index contributed by atoms with van der Waals surface area (Å²) in [6, 6.07) is 9.66. The third-order valence-corrected chi connectivity index (χ3v) is 6.47. The number of carbonyl (C=O) groups is 1. The SMILES string of the molecule is Cc1ccc(CNC(=O)c2cncc(N(C)C3CCS(=O)(=O)C3)c2)cc1. The minimum atomic E-state index is -2.96. The molecule has 1 aliphatic rings. The second-order valence-corrected chi connectivity index (χ2v) is 9.00. The number of rotatable bonds is 5. The topological polar surface area (TPSA) is 79.4 Å². The van der Waals surface area contributed by atoms with Gasteiger partial charge in [-0.3, -0.25) is 9.78 Å². The zero-order chi connectivity index (χ0) is 18.7. The Morgan fingerprint density at radius 2 is 2.00 bits per heavy atom. The van der Waals surface area contributed by atoms with Gasteiger partial charge in [-0.25, -0.2) is 8.42 Å². The summed E-state index contributed by atoms with van der Waals surface area (Å²) in [6.07, 6.45) is 3.78. The van der Waals surface area contributed by atoms with Crippen LogP contribution in [-0.2, 0) is 16.4 Å². The zero-order valence-electron chi connectivity index (χ0n) is 15.0. The van der Waals surface area contributed by atoms with Crippen LogP contribution in [0.5, 0.6) is 0 Å². The van der Waals surface area contributed by atoms with E-state index in [1.165, 1.54) is 11.8 Å². The summed E-state index contributed by atoms with van der Waals surface area (Å²) in [5.74, 6) is 0.159. The van der Waals surface area contributed by atoms with E-state index in [2.05, 4.69) is 10.3 Å². The van der Waals surface area contributed by atoms with Crippen molar-refractivity contribution in [2.75, 3.05) is 23.5 Å². The van der Waals surface area contributed by atoms with Gasteiger partial charge in [0.2, 0.25) is 0 Å². The van der Waals surface area contributed by atoms with Crippen molar-refractivity contribution < 1.29 is 13.2 Å². The number of nitrogens with one attached hydrogen (secondary N) is 1. The maximum Gasteiger partial charge on any atom is 0.253 e. The van der Waals surface area contributed by atoms with Gasteiger partial charge < -0.3 is 10.2 Å². The van der Waals surface area contributed by atoms with Crippen LogP contribution in [0, 0.1) is 6.92 Å². The van der Waals surface area contributed by atoms with Crippen LogP contribution in [0.3, 0.4) is 0 Å². The molecule has 1 fully saturated rings. The number of hydrogen-bond acceptors (Lipinski definition) is 5. The standard InChI is InChI=1S/C19H23N3O3S/c1-14-3-5-15(6-4-14)10-21-19(23)16-9-18(12-20-11-16)22(2)17-7-8-26(24,25)13-17/h3-6,9,11-12,17H,7-8,10,13H2,1-2H3,(H,21,23). The predicted octanol–water partition coefficient (Wildman–Crippen LogP) is 1.94. The van der Waals surface area contributed by atoms with Gasteiger partial charge in [0.25, 0.3) is 5.91 Å². The molecule has 0 spiro atoms. The van der Waals surface area contributed by atoms with Gasteiger partial charge in [-0.1, -0.05) is 29.8 Å². The van der Waals surface area contributed by atoms with Crippen molar-refractivity contribution in [3.05, 3.63) is 59.4 Å². The first-order valence-corrected chi connectivity index (χ1v) is 10.4. The van der Waals surface area contributed by atoms with E-state index in [0.717, 1.165) is 11.3 Å². The fourth-order valence-electron chi connectivity index (χ4n) is 3.03. The Hall–Kier alpha value is -2.41. The zero-order valence-corrected chi connectivity index (χ0v) is 15.8. The first-order chi connectivity index (χ1) is 12.3. The number of nitrogens with zero attached hydrogens (tertiary/aromatic N) is 2. The number of hydrogen-bond donors (Lipinski definition) is 1. The first kappa shape index (κ1) is 18.4. The molecule has 0 radical (unpaired) electrons. The number of carbonyl (C=O) groups excluding carboxylic acids is 1. The highest BCUT2D eigenvalue weighted by Gasteiger charge is 2.31. The summed E-state index contributed by atoms with van der Waals surface area (Å²) in [6.45, 7) is 2.46. The van der Waals surface area contributed by atoms with E-state index < -0.39 is 9.84 Å². The maximum atomic E-state index is 12.4. The average Bonchev–Trinajstić information content (AvgIpc) is 3.00. The molecule has 3 rings (SSSR count). The van der Waals surface area contributed by atoms with Gasteiger partial charge >= 0.3 is 0 Å². The molecule has 1 amide bonds. The van der Waals surface area contributed by atoms with Crippen molar-refractivity contribution in [2.24, 2.45) is 0 Å². The van der Waals surface area contributed by atoms with E-state index in [0.29, 0.717) is 18.5 Å². The molecule has 2 aromatic rings. The van der Waals surface area contributed by atoms with Crippen molar-refractivity contribution in [1.82, 2.24) is 10.3 Å². The molecule has 6 nitrogen and oxygen atoms in total. The van der Waals surface area contributed by atoms with Crippen molar-refractivity contribution in [1.29, 1.82) is 0 Å². The molecular weight excluding hydrogens is 350 g/mol. The highest BCUT2D eigenvalue weighted by Crippen LogP contribution is 2.23. The van der Waals surface area contributed by atoms with E-state index in [1.807, 2.05) is 43.1 Å². The number of sulfone groups is 1. The van der Waals surface area contributed by atoms with Crippen molar-refractivity contribution in [3.8, 4) is 0 Å². The number of amides is 1. The smallest absolute Gasteiger partial charge is 0.253 e. The average molecular weight is 373 g/mol. The maximum absolute atomic E-state index is 12.4. The highest BCUT2D eigenvalue weighted by molar-refractivity contribution is 7.91. The summed E-state index contributed by atoms with van der Waals surface area (Å²) in [4.78, 5) is 18.5. The van der Waals surface area contributed by atoms with Crippen molar-refractivity contribution in [3.63, 3.8) is 0 Å². The van der Waals surface area contributed by atoms with Crippen LogP contribution in [0.2, 0.25) is 0 Å². The Morgan fingerprint density at radius 1 is 1.27 bits per heavy atom. The molecule has 1 atom stereocenters. The molecule has 0 bridgehead atoms. The molecule has 1 aromatic heterocycles. The van der Waals surface area contributed by atoms with Crippen molar-refractivity contribution >= 4 is 21.4 Å². The quantitative estimate of drug-likeness (QED) is 0.866. The van der Waals surface area contributed by atoms with Gasteiger partial charge in [-0.15, -0.1) is 0 Å². The molecular formula is C19H23N3O3S. The Balaban J connectivity index is 1.66. The Bertz CT molecular complexity index is 895. The number of aromatic nitrogens is 1. The van der Waals surface area contributed by atoms with Crippen LogP contribution in [0.25, 0.3) is 0 Å². The van der Waals surface area contributed by atoms with Crippen LogP contribution in [0.4, 0.5) is 5.69 Å². The minimum absolute atomic E-state index is 0.0762. The molecule has 0 saturated carbocycles. The second kappa shape index (κ2) is 7.45. The number of aryl methyl sites for hydroxylation is 1. The number of benzene rings is 1. The molecule has 1 N–H and O–H groups in total. The monoisotopic (exact) mass is 373 g/mol. The summed E-state index contributed by atoms with van der Waals surface area (Å²) in [5, 5.41) is 2.89. The van der Waals surface area contributed by atoms with Crippen LogP contribution in [0.1, 0.15) is 27.9 Å². The molecule has 26 heavy (non-hydrogen) atoms. The Kier molecular flexibility index (Phi) is 5.27. The third kappa shape index (κ3) is 4.40. The molecule has 138 valence electrons. The Labute approximate surface area is 154 Å². The van der Waals surface area contributed by atoms with Crippen LogP contribution < -0.4 is 10.2 Å². The van der Waals surface area contributed by atoms with E-state index in [1.54, 1.807) is 12.3 Å². The van der Waals surface area contributed by atoms with Gasteiger partial charge in [0, 0.05) is 25.8 Å². The van der Waals surface area contributed by atoms with Gasteiger partial charge in [0.05, 0.1) is 29.0 Å². The number of pyridine rings is 1. The van der Waals surface area contributed by atoms with Gasteiger partial charge in [-0.05, 0) is 25.0 Å². The predicted molar refractivity (Wildman–Crippen MR) is 102 cm³/mol. The lowest BCUT2D eigenvalue weighted by atomic mass is 10.1. The third-order valence-electron chi connectivity index (χ3n) is 4.72. The van der Waals surface area contributed by atoms with Gasteiger partial charge in [0.1, 0.15) is 0 Å². The lowest BCUT2D eigenvalue weighted by Crippen LogP contribution is -2.33. The molecule has 1 aliphatic heterocycles. The van der Waals surface area contributed by atoms with E-state index in [4.69, 9.17) is 0 Å². The van der Waals surface area contributed by atoms with Crippen LogP contribution >= 0.6 is 0 Å². The van der Waals surface area contributed by atoms with Gasteiger partial charge in [-0.2, -0.15) is 0 Å². The fourth-order valence-corrected chi connectivity index (χ4v) is 4.80. The molecule has 2 heterocycles. The lowest BCUT2D eigenvalue weighted by Gasteiger charge is -2.25. The Morgan fingerprint density at radius 3 is 2.65 bits per heavy atom. The molecule has 1 aromatic carbocycles. The molecule has 1 unspecified atom stereocenters. The van der Waals surface area contributed by atoms with Crippen LogP contribution in [0.15, 0.2) is 42.7 Å². The van der Waals surface area contributed by atoms with E-state index >= 15 is 0 Å².